The first-order valence-electron chi connectivity index (χ1n) is 4.78. The fraction of sp³-hybridized carbons (Fsp3) is 0.444. The van der Waals surface area contributed by atoms with Crippen molar-refractivity contribution >= 4 is 16.5 Å². The highest BCUT2D eigenvalue weighted by molar-refractivity contribution is 7.13. The Morgan fingerprint density at radius 3 is 2.81 bits per heavy atom. The van der Waals surface area contributed by atoms with Crippen molar-refractivity contribution in [3.63, 3.8) is 0 Å². The third kappa shape index (κ3) is 2.37. The van der Waals surface area contributed by atoms with Crippen LogP contribution in [0.5, 0.6) is 0 Å². The highest BCUT2D eigenvalue weighted by Crippen LogP contribution is 2.17. The average molecular weight is 239 g/mol. The van der Waals surface area contributed by atoms with Gasteiger partial charge in [-0.2, -0.15) is 0 Å². The monoisotopic (exact) mass is 239 g/mol. The summed E-state index contributed by atoms with van der Waals surface area (Å²) in [7, 11) is 0. The van der Waals surface area contributed by atoms with E-state index in [1.807, 2.05) is 5.38 Å². The van der Waals surface area contributed by atoms with Gasteiger partial charge in [-0.05, 0) is 13.8 Å². The zero-order valence-electron chi connectivity index (χ0n) is 9.08. The predicted octanol–water partition coefficient (Wildman–Crippen LogP) is 0.593. The van der Waals surface area contributed by atoms with Crippen molar-refractivity contribution < 1.29 is 5.11 Å². The lowest BCUT2D eigenvalue weighted by atomic mass is 10.1. The summed E-state index contributed by atoms with van der Waals surface area (Å²) in [5.74, 6) is 0. The Balaban J connectivity index is 2.14. The summed E-state index contributed by atoms with van der Waals surface area (Å²) >= 11 is 1.39. The normalized spacial score (nSPS) is 11.9. The van der Waals surface area contributed by atoms with Gasteiger partial charge >= 0.3 is 0 Å². The van der Waals surface area contributed by atoms with E-state index in [9.17, 15) is 5.11 Å². The summed E-state index contributed by atoms with van der Waals surface area (Å²) in [6.07, 6.45) is 1.70. The highest BCUT2D eigenvalue weighted by Gasteiger charge is 2.20. The molecule has 0 bridgehead atoms. The van der Waals surface area contributed by atoms with Crippen LogP contribution in [0.25, 0.3) is 0 Å². The van der Waals surface area contributed by atoms with Crippen molar-refractivity contribution in [2.24, 2.45) is 0 Å². The maximum absolute atomic E-state index is 9.72. The zero-order valence-corrected chi connectivity index (χ0v) is 9.90. The minimum absolute atomic E-state index is 0.511. The lowest BCUT2D eigenvalue weighted by Gasteiger charge is -2.11. The first kappa shape index (κ1) is 11.0. The average Bonchev–Trinajstić information content (AvgIpc) is 2.74. The molecule has 0 fully saturated rings. The summed E-state index contributed by atoms with van der Waals surface area (Å²) in [5, 5.41) is 20.0. The maximum Gasteiger partial charge on any atom is 0.180 e. The topological polar surface area (TPSA) is 89.8 Å². The molecule has 16 heavy (non-hydrogen) atoms. The van der Waals surface area contributed by atoms with Gasteiger partial charge in [0.15, 0.2) is 5.13 Å². The van der Waals surface area contributed by atoms with Crippen LogP contribution in [0.15, 0.2) is 11.6 Å². The number of aromatic nitrogens is 4. The van der Waals surface area contributed by atoms with Crippen LogP contribution in [-0.2, 0) is 12.1 Å². The molecule has 0 atom stereocenters. The van der Waals surface area contributed by atoms with Gasteiger partial charge < -0.3 is 10.8 Å². The van der Waals surface area contributed by atoms with E-state index >= 15 is 0 Å². The molecule has 0 radical (unpaired) electrons. The number of hydrogen-bond donors (Lipinski definition) is 2. The van der Waals surface area contributed by atoms with E-state index in [0.717, 1.165) is 5.69 Å². The molecular weight excluding hydrogens is 226 g/mol. The summed E-state index contributed by atoms with van der Waals surface area (Å²) < 4.78 is 1.63. The minimum atomic E-state index is -0.973. The zero-order chi connectivity index (χ0) is 11.8. The molecule has 2 aromatic rings. The number of nitrogens with zero attached hydrogens (tertiary/aromatic N) is 4. The Morgan fingerprint density at radius 1 is 1.56 bits per heavy atom. The van der Waals surface area contributed by atoms with Gasteiger partial charge in [-0.15, -0.1) is 16.4 Å². The summed E-state index contributed by atoms with van der Waals surface area (Å²) in [4.78, 5) is 4.12. The first-order valence-corrected chi connectivity index (χ1v) is 5.66. The summed E-state index contributed by atoms with van der Waals surface area (Å²) in [6, 6.07) is 0. The third-order valence-electron chi connectivity index (χ3n) is 2.06. The Kier molecular flexibility index (Phi) is 2.64. The van der Waals surface area contributed by atoms with Crippen LogP contribution in [0.2, 0.25) is 0 Å². The predicted molar refractivity (Wildman–Crippen MR) is 60.9 cm³/mol. The Labute approximate surface area is 96.7 Å². The minimum Gasteiger partial charge on any atom is -0.384 e. The van der Waals surface area contributed by atoms with Gasteiger partial charge in [0, 0.05) is 5.38 Å². The van der Waals surface area contributed by atoms with Gasteiger partial charge in [-0.25, -0.2) is 9.67 Å². The van der Waals surface area contributed by atoms with Crippen molar-refractivity contribution in [3.05, 3.63) is 23.0 Å². The van der Waals surface area contributed by atoms with Gasteiger partial charge in [0.2, 0.25) is 0 Å². The Morgan fingerprint density at radius 2 is 2.31 bits per heavy atom. The fourth-order valence-electron chi connectivity index (χ4n) is 1.22. The first-order chi connectivity index (χ1) is 7.45. The molecule has 6 nitrogen and oxygen atoms in total. The second-order valence-corrected chi connectivity index (χ2v) is 4.93. The van der Waals surface area contributed by atoms with Crippen LogP contribution in [0, 0.1) is 0 Å². The summed E-state index contributed by atoms with van der Waals surface area (Å²) in [6.45, 7) is 3.85. The number of nitrogen functional groups attached to an aromatic ring is 1. The van der Waals surface area contributed by atoms with E-state index in [0.29, 0.717) is 17.4 Å². The molecular formula is C9H13N5OS. The molecule has 0 aliphatic heterocycles. The van der Waals surface area contributed by atoms with Crippen molar-refractivity contribution in [2.75, 3.05) is 5.73 Å². The molecule has 0 saturated carbocycles. The Hall–Kier alpha value is -1.47. The van der Waals surface area contributed by atoms with E-state index in [4.69, 9.17) is 5.73 Å². The maximum atomic E-state index is 9.72. The number of aliphatic hydroxyl groups is 1. The fourth-order valence-corrected chi connectivity index (χ4v) is 1.77. The Bertz CT molecular complexity index is 484. The molecule has 0 aliphatic rings. The molecule has 0 aromatic carbocycles. The molecule has 0 amide bonds. The van der Waals surface area contributed by atoms with E-state index in [-0.39, 0.29) is 0 Å². The summed E-state index contributed by atoms with van der Waals surface area (Å²) in [5.41, 5.74) is 5.94. The van der Waals surface area contributed by atoms with Crippen LogP contribution in [0.1, 0.15) is 25.2 Å². The number of nitrogens with two attached hydrogens (primary N) is 1. The molecule has 7 heteroatoms. The van der Waals surface area contributed by atoms with Crippen LogP contribution >= 0.6 is 11.3 Å². The van der Waals surface area contributed by atoms with E-state index in [1.54, 1.807) is 24.7 Å². The molecule has 2 heterocycles. The number of rotatable bonds is 3. The van der Waals surface area contributed by atoms with Gasteiger partial charge in [0.1, 0.15) is 11.3 Å². The molecule has 3 N–H and O–H groups in total. The lowest BCUT2D eigenvalue weighted by molar-refractivity contribution is 0.0737. The molecule has 0 unspecified atom stereocenters. The lowest BCUT2D eigenvalue weighted by Crippen LogP contribution is -2.15. The molecule has 0 saturated heterocycles. The molecule has 0 spiro atoms. The molecule has 2 rings (SSSR count). The van der Waals surface area contributed by atoms with Gasteiger partial charge in [0.25, 0.3) is 0 Å². The third-order valence-corrected chi connectivity index (χ3v) is 2.78. The highest BCUT2D eigenvalue weighted by atomic mass is 32.1. The number of thiazole rings is 1. The molecule has 86 valence electrons. The van der Waals surface area contributed by atoms with Gasteiger partial charge in [-0.3, -0.25) is 0 Å². The number of hydrogen-bond acceptors (Lipinski definition) is 6. The van der Waals surface area contributed by atoms with Crippen LogP contribution < -0.4 is 5.73 Å². The van der Waals surface area contributed by atoms with Crippen molar-refractivity contribution in [1.82, 2.24) is 20.0 Å². The smallest absolute Gasteiger partial charge is 0.180 e. The SMILES string of the molecule is CC(C)(O)c1cn(Cc2csc(N)n2)nn1. The van der Waals surface area contributed by atoms with Crippen LogP contribution in [-0.4, -0.2) is 25.1 Å². The van der Waals surface area contributed by atoms with Gasteiger partial charge in [0.05, 0.1) is 18.4 Å². The van der Waals surface area contributed by atoms with Crippen LogP contribution in [0.4, 0.5) is 5.13 Å². The van der Waals surface area contributed by atoms with Gasteiger partial charge in [-0.1, -0.05) is 5.21 Å². The van der Waals surface area contributed by atoms with Crippen LogP contribution in [0.3, 0.4) is 0 Å². The van der Waals surface area contributed by atoms with Crippen molar-refractivity contribution in [3.8, 4) is 0 Å². The second kappa shape index (κ2) is 3.84. The van der Waals surface area contributed by atoms with E-state index in [1.165, 1.54) is 11.3 Å². The van der Waals surface area contributed by atoms with E-state index in [2.05, 4.69) is 15.3 Å². The van der Waals surface area contributed by atoms with Crippen molar-refractivity contribution in [1.29, 1.82) is 0 Å². The molecule has 0 aliphatic carbocycles. The standard InChI is InChI=1S/C9H13N5OS/c1-9(2,15)7-4-14(13-12-7)3-6-5-16-8(10)11-6/h4-5,15H,3H2,1-2H3,(H2,10,11). The molecule has 2 aromatic heterocycles. The quantitative estimate of drug-likeness (QED) is 0.818. The number of anilines is 1. The van der Waals surface area contributed by atoms with Crippen molar-refractivity contribution in [2.45, 2.75) is 26.0 Å². The largest absolute Gasteiger partial charge is 0.384 e. The second-order valence-electron chi connectivity index (χ2n) is 4.04. The van der Waals surface area contributed by atoms with E-state index < -0.39 is 5.60 Å².